The third-order valence-electron chi connectivity index (χ3n) is 3.70. The summed E-state index contributed by atoms with van der Waals surface area (Å²) >= 11 is 6.04. The van der Waals surface area contributed by atoms with E-state index in [9.17, 15) is 4.39 Å². The van der Waals surface area contributed by atoms with E-state index in [0.29, 0.717) is 23.0 Å². The lowest BCUT2D eigenvalue weighted by Gasteiger charge is -2.18. The maximum Gasteiger partial charge on any atom is 0.129 e. The van der Waals surface area contributed by atoms with Crippen LogP contribution in [0.2, 0.25) is 5.02 Å². The summed E-state index contributed by atoms with van der Waals surface area (Å²) in [5, 5.41) is 0.540. The smallest absolute Gasteiger partial charge is 0.129 e. The van der Waals surface area contributed by atoms with Crippen molar-refractivity contribution in [2.45, 2.75) is 26.8 Å². The van der Waals surface area contributed by atoms with Crippen molar-refractivity contribution in [1.82, 2.24) is 4.90 Å². The van der Waals surface area contributed by atoms with Crippen LogP contribution in [-0.4, -0.2) is 18.0 Å². The Labute approximate surface area is 108 Å². The van der Waals surface area contributed by atoms with Crippen molar-refractivity contribution in [3.8, 4) is 0 Å². The second kappa shape index (κ2) is 5.36. The van der Waals surface area contributed by atoms with Crippen molar-refractivity contribution in [2.24, 2.45) is 11.8 Å². The molecule has 0 aliphatic carbocycles. The molecule has 0 bridgehead atoms. The molecule has 1 aromatic carbocycles. The highest BCUT2D eigenvalue weighted by Crippen LogP contribution is 2.27. The lowest BCUT2D eigenvalue weighted by Crippen LogP contribution is -2.22. The van der Waals surface area contributed by atoms with Gasteiger partial charge in [0, 0.05) is 23.7 Å². The summed E-state index contributed by atoms with van der Waals surface area (Å²) < 4.78 is 13.6. The van der Waals surface area contributed by atoms with E-state index in [-0.39, 0.29) is 5.82 Å². The van der Waals surface area contributed by atoms with Gasteiger partial charge >= 0.3 is 0 Å². The second-order valence-corrected chi connectivity index (χ2v) is 5.64. The molecule has 17 heavy (non-hydrogen) atoms. The highest BCUT2D eigenvalue weighted by atomic mass is 35.5. The Bertz CT molecular complexity index is 372. The average Bonchev–Trinajstić information content (AvgIpc) is 2.72. The minimum absolute atomic E-state index is 0.189. The van der Waals surface area contributed by atoms with Crippen molar-refractivity contribution >= 4 is 11.6 Å². The maximum absolute atomic E-state index is 13.6. The topological polar surface area (TPSA) is 3.24 Å². The number of likely N-dealkylation sites (tertiary alicyclic amines) is 1. The van der Waals surface area contributed by atoms with Crippen LogP contribution >= 0.6 is 11.6 Å². The molecule has 1 aliphatic heterocycles. The molecule has 1 atom stereocenters. The van der Waals surface area contributed by atoms with Crippen LogP contribution in [0.15, 0.2) is 18.2 Å². The lowest BCUT2D eigenvalue weighted by molar-refractivity contribution is 0.293. The van der Waals surface area contributed by atoms with E-state index in [2.05, 4.69) is 18.7 Å². The first-order valence-electron chi connectivity index (χ1n) is 6.23. The van der Waals surface area contributed by atoms with Crippen molar-refractivity contribution in [3.63, 3.8) is 0 Å². The number of halogens is 2. The summed E-state index contributed by atoms with van der Waals surface area (Å²) in [5.41, 5.74) is 0.638. The minimum atomic E-state index is -0.189. The second-order valence-electron chi connectivity index (χ2n) is 5.23. The Balaban J connectivity index is 2.03. The van der Waals surface area contributed by atoms with Gasteiger partial charge in [-0.15, -0.1) is 0 Å². The number of benzene rings is 1. The average molecular weight is 256 g/mol. The van der Waals surface area contributed by atoms with Crippen LogP contribution in [0.5, 0.6) is 0 Å². The molecule has 0 aromatic heterocycles. The summed E-state index contributed by atoms with van der Waals surface area (Å²) in [6.07, 6.45) is 1.21. The Morgan fingerprint density at radius 2 is 2.24 bits per heavy atom. The molecule has 0 unspecified atom stereocenters. The summed E-state index contributed by atoms with van der Waals surface area (Å²) in [7, 11) is 0. The molecule has 0 radical (unpaired) electrons. The molecule has 1 nitrogen and oxygen atoms in total. The fourth-order valence-electron chi connectivity index (χ4n) is 2.46. The molecule has 0 spiro atoms. The van der Waals surface area contributed by atoms with Gasteiger partial charge in [0.15, 0.2) is 0 Å². The quantitative estimate of drug-likeness (QED) is 0.790. The van der Waals surface area contributed by atoms with Gasteiger partial charge in [0.25, 0.3) is 0 Å². The first-order valence-corrected chi connectivity index (χ1v) is 6.61. The van der Waals surface area contributed by atoms with Gasteiger partial charge in [-0.25, -0.2) is 4.39 Å². The predicted octanol–water partition coefficient (Wildman–Crippen LogP) is 3.96. The van der Waals surface area contributed by atoms with Gasteiger partial charge in [0.05, 0.1) is 0 Å². The van der Waals surface area contributed by atoms with Gasteiger partial charge in [-0.1, -0.05) is 31.5 Å². The van der Waals surface area contributed by atoms with Crippen LogP contribution in [-0.2, 0) is 6.54 Å². The zero-order chi connectivity index (χ0) is 12.4. The van der Waals surface area contributed by atoms with Crippen LogP contribution in [0.3, 0.4) is 0 Å². The van der Waals surface area contributed by atoms with E-state index >= 15 is 0 Å². The standard InChI is InChI=1S/C14H19ClFN/c1-10(2)11-6-7-17(8-11)9-12-13(15)4-3-5-14(12)16/h3-5,10-11H,6-9H2,1-2H3/t11-/m1/s1. The first kappa shape index (κ1) is 12.8. The van der Waals surface area contributed by atoms with Crippen molar-refractivity contribution < 1.29 is 4.39 Å². The van der Waals surface area contributed by atoms with E-state index < -0.39 is 0 Å². The molecule has 3 heteroatoms. The van der Waals surface area contributed by atoms with Crippen LogP contribution < -0.4 is 0 Å². The van der Waals surface area contributed by atoms with E-state index in [0.717, 1.165) is 19.0 Å². The molecule has 1 aliphatic rings. The number of rotatable bonds is 3. The molecule has 1 fully saturated rings. The third kappa shape index (κ3) is 2.99. The molecule has 1 saturated heterocycles. The first-order chi connectivity index (χ1) is 8.08. The summed E-state index contributed by atoms with van der Waals surface area (Å²) in [6, 6.07) is 4.90. The Morgan fingerprint density at radius 3 is 2.82 bits per heavy atom. The lowest BCUT2D eigenvalue weighted by atomic mass is 9.95. The third-order valence-corrected chi connectivity index (χ3v) is 4.05. The van der Waals surface area contributed by atoms with Crippen molar-refractivity contribution in [1.29, 1.82) is 0 Å². The summed E-state index contributed by atoms with van der Waals surface area (Å²) in [5.74, 6) is 1.25. The Kier molecular flexibility index (Phi) is 4.05. The summed E-state index contributed by atoms with van der Waals surface area (Å²) in [6.45, 7) is 7.25. The SMILES string of the molecule is CC(C)[C@@H]1CCN(Cc2c(F)cccc2Cl)C1. The van der Waals surface area contributed by atoms with Gasteiger partial charge in [-0.3, -0.25) is 4.90 Å². The van der Waals surface area contributed by atoms with Gasteiger partial charge in [0.1, 0.15) is 5.82 Å². The van der Waals surface area contributed by atoms with Crippen LogP contribution in [0, 0.1) is 17.7 Å². The van der Waals surface area contributed by atoms with E-state index in [1.807, 2.05) is 0 Å². The normalized spacial score (nSPS) is 21.4. The van der Waals surface area contributed by atoms with Crippen molar-refractivity contribution in [3.05, 3.63) is 34.6 Å². The highest BCUT2D eigenvalue weighted by Gasteiger charge is 2.25. The molecular formula is C14H19ClFN. The number of hydrogen-bond donors (Lipinski definition) is 0. The van der Waals surface area contributed by atoms with Crippen LogP contribution in [0.25, 0.3) is 0 Å². The Morgan fingerprint density at radius 1 is 1.47 bits per heavy atom. The summed E-state index contributed by atoms with van der Waals surface area (Å²) in [4.78, 5) is 2.30. The van der Waals surface area contributed by atoms with E-state index in [1.54, 1.807) is 12.1 Å². The van der Waals surface area contributed by atoms with Crippen LogP contribution in [0.4, 0.5) is 4.39 Å². The van der Waals surface area contributed by atoms with Gasteiger partial charge in [-0.2, -0.15) is 0 Å². The molecule has 0 amide bonds. The number of nitrogens with zero attached hydrogens (tertiary/aromatic N) is 1. The van der Waals surface area contributed by atoms with Gasteiger partial charge in [0.2, 0.25) is 0 Å². The molecular weight excluding hydrogens is 237 g/mol. The molecule has 0 N–H and O–H groups in total. The predicted molar refractivity (Wildman–Crippen MR) is 69.6 cm³/mol. The minimum Gasteiger partial charge on any atom is -0.299 e. The van der Waals surface area contributed by atoms with Crippen LogP contribution in [0.1, 0.15) is 25.8 Å². The highest BCUT2D eigenvalue weighted by molar-refractivity contribution is 6.31. The number of hydrogen-bond acceptors (Lipinski definition) is 1. The fraction of sp³-hybridized carbons (Fsp3) is 0.571. The van der Waals surface area contributed by atoms with Crippen molar-refractivity contribution in [2.75, 3.05) is 13.1 Å². The maximum atomic E-state index is 13.6. The molecule has 2 rings (SSSR count). The van der Waals surface area contributed by atoms with Gasteiger partial charge in [-0.05, 0) is 36.9 Å². The molecule has 94 valence electrons. The van der Waals surface area contributed by atoms with E-state index in [1.165, 1.54) is 12.5 Å². The van der Waals surface area contributed by atoms with E-state index in [4.69, 9.17) is 11.6 Å². The zero-order valence-electron chi connectivity index (χ0n) is 10.4. The van der Waals surface area contributed by atoms with Gasteiger partial charge < -0.3 is 0 Å². The zero-order valence-corrected chi connectivity index (χ0v) is 11.2. The fourth-order valence-corrected chi connectivity index (χ4v) is 2.68. The molecule has 1 heterocycles. The molecule has 0 saturated carbocycles. The molecule has 1 aromatic rings. The Hall–Kier alpha value is -0.600. The monoisotopic (exact) mass is 255 g/mol. The largest absolute Gasteiger partial charge is 0.299 e.